The molecule has 1 aliphatic heterocycles. The van der Waals surface area contributed by atoms with Gasteiger partial charge in [0.2, 0.25) is 10.0 Å². The normalized spacial score (nSPS) is 25.5. The summed E-state index contributed by atoms with van der Waals surface area (Å²) in [4.78, 5) is 5.11. The van der Waals surface area contributed by atoms with Crippen LogP contribution in [0.25, 0.3) is 11.0 Å². The Morgan fingerprint density at radius 2 is 1.80 bits per heavy atom. The van der Waals surface area contributed by atoms with Gasteiger partial charge < -0.3 is 9.30 Å². The first kappa shape index (κ1) is 24.5. The van der Waals surface area contributed by atoms with Gasteiger partial charge >= 0.3 is 0 Å². The number of aromatic nitrogens is 2. The summed E-state index contributed by atoms with van der Waals surface area (Å²) in [6, 6.07) is 11.5. The molecule has 35 heavy (non-hydrogen) atoms. The minimum atomic E-state index is -3.44. The molecule has 2 aromatic heterocycles. The molecule has 1 atom stereocenters. The quantitative estimate of drug-likeness (QED) is 0.453. The van der Waals surface area contributed by atoms with Gasteiger partial charge in [-0.15, -0.1) is 0 Å². The van der Waals surface area contributed by atoms with E-state index < -0.39 is 10.0 Å². The zero-order valence-corrected chi connectivity index (χ0v) is 22.3. The third-order valence-electron chi connectivity index (χ3n) is 8.23. The lowest BCUT2D eigenvalue weighted by molar-refractivity contribution is 0.0281. The van der Waals surface area contributed by atoms with Crippen LogP contribution in [-0.4, -0.2) is 48.6 Å². The molecule has 7 heteroatoms. The van der Waals surface area contributed by atoms with Crippen LogP contribution in [0.5, 0.6) is 0 Å². The number of fused-ring (bicyclic) bond motifs is 1. The van der Waals surface area contributed by atoms with E-state index in [1.165, 1.54) is 35.6 Å². The maximum absolute atomic E-state index is 12.5. The Hall–Kier alpha value is -2.22. The Morgan fingerprint density at radius 1 is 1.11 bits per heavy atom. The van der Waals surface area contributed by atoms with Gasteiger partial charge in [-0.05, 0) is 99.6 Å². The largest absolute Gasteiger partial charge is 0.375 e. The molecule has 2 aliphatic rings. The van der Waals surface area contributed by atoms with Crippen LogP contribution in [0.4, 0.5) is 0 Å². The van der Waals surface area contributed by atoms with Gasteiger partial charge in [-0.25, -0.2) is 12.7 Å². The summed E-state index contributed by atoms with van der Waals surface area (Å²) in [5.74, 6) is 0.503. The number of ether oxygens (including phenoxy) is 1. The molecule has 3 heterocycles. The van der Waals surface area contributed by atoms with Crippen LogP contribution in [0.15, 0.2) is 53.7 Å². The summed E-state index contributed by atoms with van der Waals surface area (Å²) >= 11 is 0. The maximum atomic E-state index is 12.5. The number of hydrogen-bond acceptors (Lipinski definition) is 4. The van der Waals surface area contributed by atoms with Crippen molar-refractivity contribution in [3.05, 3.63) is 59.9 Å². The van der Waals surface area contributed by atoms with Gasteiger partial charge in [-0.3, -0.25) is 4.98 Å². The lowest BCUT2D eigenvalue weighted by atomic mass is 9.67. The molecule has 0 N–H and O–H groups in total. The number of pyridine rings is 1. The highest BCUT2D eigenvalue weighted by molar-refractivity contribution is 7.89. The van der Waals surface area contributed by atoms with Crippen molar-refractivity contribution in [2.24, 2.45) is 5.41 Å². The second-order valence-corrected chi connectivity index (χ2v) is 13.5. The third-order valence-corrected chi connectivity index (χ3v) is 10.1. The van der Waals surface area contributed by atoms with E-state index in [0.717, 1.165) is 29.6 Å². The average molecular weight is 496 g/mol. The van der Waals surface area contributed by atoms with E-state index in [0.29, 0.717) is 16.2 Å². The second kappa shape index (κ2) is 8.71. The Morgan fingerprint density at radius 3 is 2.40 bits per heavy atom. The third kappa shape index (κ3) is 4.43. The van der Waals surface area contributed by atoms with Crippen molar-refractivity contribution in [1.29, 1.82) is 0 Å². The molecule has 1 unspecified atom stereocenters. The van der Waals surface area contributed by atoms with E-state index in [-0.39, 0.29) is 11.6 Å². The first-order valence-corrected chi connectivity index (χ1v) is 14.1. The molecule has 188 valence electrons. The minimum absolute atomic E-state index is 0.00126. The van der Waals surface area contributed by atoms with Gasteiger partial charge in [0.15, 0.2) is 0 Å². The summed E-state index contributed by atoms with van der Waals surface area (Å²) in [6.45, 7) is 7.49. The Labute approximate surface area is 209 Å². The molecule has 1 saturated carbocycles. The molecule has 2 fully saturated rings. The maximum Gasteiger partial charge on any atom is 0.242 e. The Kier molecular flexibility index (Phi) is 6.09. The molecule has 6 nitrogen and oxygen atoms in total. The van der Waals surface area contributed by atoms with Crippen LogP contribution in [0.1, 0.15) is 76.0 Å². The van der Waals surface area contributed by atoms with Gasteiger partial charge in [0, 0.05) is 26.5 Å². The molecule has 1 spiro atoms. The smallest absolute Gasteiger partial charge is 0.242 e. The highest BCUT2D eigenvalue weighted by Gasteiger charge is 2.46. The molecule has 1 aliphatic carbocycles. The van der Waals surface area contributed by atoms with Crippen LogP contribution in [0.2, 0.25) is 0 Å². The first-order chi connectivity index (χ1) is 16.5. The summed E-state index contributed by atoms with van der Waals surface area (Å²) in [6.07, 6.45) is 10.1. The molecule has 3 aromatic rings. The summed E-state index contributed by atoms with van der Waals surface area (Å²) in [7, 11) is -0.327. The van der Waals surface area contributed by atoms with Gasteiger partial charge in [0.25, 0.3) is 0 Å². The first-order valence-electron chi connectivity index (χ1n) is 12.6. The number of benzene rings is 1. The zero-order chi connectivity index (χ0) is 25.0. The average Bonchev–Trinajstić information content (AvgIpc) is 3.36. The van der Waals surface area contributed by atoms with Crippen LogP contribution < -0.4 is 0 Å². The lowest BCUT2D eigenvalue weighted by Crippen LogP contribution is -2.28. The molecular weight excluding hydrogens is 458 g/mol. The van der Waals surface area contributed by atoms with Crippen molar-refractivity contribution < 1.29 is 13.2 Å². The number of rotatable bonds is 5. The summed E-state index contributed by atoms with van der Waals surface area (Å²) in [5, 5.41) is 0. The molecule has 0 radical (unpaired) electrons. The predicted molar refractivity (Wildman–Crippen MR) is 139 cm³/mol. The fourth-order valence-corrected chi connectivity index (χ4v) is 7.13. The van der Waals surface area contributed by atoms with Gasteiger partial charge in [0.05, 0.1) is 34.2 Å². The highest BCUT2D eigenvalue weighted by Crippen LogP contribution is 2.52. The Balaban J connectivity index is 1.42. The summed E-state index contributed by atoms with van der Waals surface area (Å²) in [5.41, 5.74) is 4.98. The monoisotopic (exact) mass is 495 g/mol. The zero-order valence-electron chi connectivity index (χ0n) is 21.5. The predicted octanol–water partition coefficient (Wildman–Crippen LogP) is 5.74. The molecule has 1 aromatic carbocycles. The second-order valence-electron chi connectivity index (χ2n) is 11.4. The summed E-state index contributed by atoms with van der Waals surface area (Å²) < 4.78 is 34.6. The van der Waals surface area contributed by atoms with Gasteiger partial charge in [-0.2, -0.15) is 0 Å². The Bertz CT molecular complexity index is 1320. The number of sulfonamides is 1. The van der Waals surface area contributed by atoms with Crippen molar-refractivity contribution in [1.82, 2.24) is 13.9 Å². The molecular formula is C28H37N3O3S. The van der Waals surface area contributed by atoms with E-state index in [1.54, 1.807) is 26.2 Å². The molecule has 1 saturated heterocycles. The van der Waals surface area contributed by atoms with Crippen molar-refractivity contribution in [2.45, 2.75) is 75.3 Å². The van der Waals surface area contributed by atoms with Gasteiger partial charge in [0.1, 0.15) is 0 Å². The van der Waals surface area contributed by atoms with Crippen LogP contribution in [-0.2, 0) is 14.8 Å². The highest BCUT2D eigenvalue weighted by atomic mass is 32.2. The van der Waals surface area contributed by atoms with Crippen molar-refractivity contribution in [3.63, 3.8) is 0 Å². The number of hydrogen-bond donors (Lipinski definition) is 0. The fraction of sp³-hybridized carbons (Fsp3) is 0.536. The SMILES string of the molecule is CC(c1ccc(S(=O)(=O)N(C)C)cc1)n1cc([C@H]2CC[C@@]3(CC2)COC(C)(C)C3)c2ncccc21. The minimum Gasteiger partial charge on any atom is -0.375 e. The van der Waals surface area contributed by atoms with E-state index in [2.05, 4.69) is 37.6 Å². The van der Waals surface area contributed by atoms with E-state index in [1.807, 2.05) is 24.4 Å². The fourth-order valence-electron chi connectivity index (χ4n) is 6.23. The number of nitrogens with zero attached hydrogens (tertiary/aromatic N) is 3. The van der Waals surface area contributed by atoms with E-state index in [4.69, 9.17) is 9.72 Å². The lowest BCUT2D eigenvalue weighted by Gasteiger charge is -2.36. The standard InChI is InChI=1S/C28H37N3O3S/c1-20(21-8-10-23(11-9-21)35(32,33)30(4)5)31-17-24(26-25(31)7-6-16-29-26)22-12-14-28(15-13-22)18-27(2,3)34-19-28/h6-11,16-17,20,22H,12-15,18-19H2,1-5H3/t20?,22-,28-. The van der Waals surface area contributed by atoms with Crippen LogP contribution in [0, 0.1) is 5.41 Å². The topological polar surface area (TPSA) is 64.4 Å². The van der Waals surface area contributed by atoms with Crippen molar-refractivity contribution in [2.75, 3.05) is 20.7 Å². The van der Waals surface area contributed by atoms with Crippen molar-refractivity contribution >= 4 is 21.1 Å². The van der Waals surface area contributed by atoms with Crippen LogP contribution >= 0.6 is 0 Å². The van der Waals surface area contributed by atoms with E-state index >= 15 is 0 Å². The van der Waals surface area contributed by atoms with E-state index in [9.17, 15) is 8.42 Å². The molecule has 0 bridgehead atoms. The van der Waals surface area contributed by atoms with Gasteiger partial charge in [-0.1, -0.05) is 12.1 Å². The molecule has 5 rings (SSSR count). The molecule has 0 amide bonds. The van der Waals surface area contributed by atoms with Crippen molar-refractivity contribution in [3.8, 4) is 0 Å². The van der Waals surface area contributed by atoms with Crippen LogP contribution in [0.3, 0.4) is 0 Å².